The van der Waals surface area contributed by atoms with E-state index in [1.165, 1.54) is 72.0 Å². The van der Waals surface area contributed by atoms with Crippen molar-refractivity contribution in [1.82, 2.24) is 0 Å². The minimum atomic E-state index is -0.103. The molecule has 7 atom stereocenters. The van der Waals surface area contributed by atoms with Gasteiger partial charge >= 0.3 is 0 Å². The van der Waals surface area contributed by atoms with Crippen molar-refractivity contribution < 1.29 is 0 Å². The molecular formula is C53H53N. The number of nitrogens with zero attached hydrogens (tertiary/aromatic N) is 1. The number of benzene rings is 3. The summed E-state index contributed by atoms with van der Waals surface area (Å²) in [5.41, 5.74) is 18.3. The molecule has 0 N–H and O–H groups in total. The van der Waals surface area contributed by atoms with Gasteiger partial charge in [0.1, 0.15) is 0 Å². The quantitative estimate of drug-likeness (QED) is 0.245. The van der Waals surface area contributed by atoms with Crippen molar-refractivity contribution in [2.45, 2.75) is 107 Å². The topological polar surface area (TPSA) is 3.24 Å². The molecule has 8 aliphatic rings. The van der Waals surface area contributed by atoms with Crippen LogP contribution in [0.1, 0.15) is 112 Å². The smallest absolute Gasteiger partial charge is 0.0528 e. The van der Waals surface area contributed by atoms with Gasteiger partial charge in [0.05, 0.1) is 11.5 Å². The SMILES string of the molecule is CC1=CCC(c2ccc(N(C3C=C4C(=CC3)c3ccccc3C43C4=C(CCC=C4)C4CCC=CC43)C3C=C4C(CC3)c3ccccc3C4(C)C)cc2)C=C1. The Kier molecular flexibility index (Phi) is 7.40. The summed E-state index contributed by atoms with van der Waals surface area (Å²) < 4.78 is 0. The van der Waals surface area contributed by atoms with Gasteiger partial charge in [0.25, 0.3) is 0 Å². The van der Waals surface area contributed by atoms with Crippen LogP contribution in [-0.4, -0.2) is 12.1 Å². The average Bonchev–Trinajstić information content (AvgIpc) is 3.77. The third kappa shape index (κ3) is 4.57. The minimum Gasteiger partial charge on any atom is -0.358 e. The van der Waals surface area contributed by atoms with Gasteiger partial charge in [-0.2, -0.15) is 0 Å². The van der Waals surface area contributed by atoms with Gasteiger partial charge in [0.2, 0.25) is 0 Å². The molecule has 270 valence electrons. The molecule has 1 spiro atoms. The largest absolute Gasteiger partial charge is 0.358 e. The Morgan fingerprint density at radius 1 is 0.722 bits per heavy atom. The van der Waals surface area contributed by atoms with E-state index in [2.05, 4.69) is 159 Å². The third-order valence-corrected chi connectivity index (χ3v) is 15.1. The highest BCUT2D eigenvalue weighted by Gasteiger charge is 2.60. The molecule has 0 aliphatic heterocycles. The van der Waals surface area contributed by atoms with Crippen LogP contribution in [-0.2, 0) is 10.8 Å². The molecule has 0 heterocycles. The predicted molar refractivity (Wildman–Crippen MR) is 226 cm³/mol. The Balaban J connectivity index is 1.06. The monoisotopic (exact) mass is 703 g/mol. The lowest BCUT2D eigenvalue weighted by Gasteiger charge is -2.44. The zero-order chi connectivity index (χ0) is 36.2. The van der Waals surface area contributed by atoms with Gasteiger partial charge in [0, 0.05) is 34.9 Å². The van der Waals surface area contributed by atoms with Gasteiger partial charge in [-0.15, -0.1) is 0 Å². The number of hydrogen-bond acceptors (Lipinski definition) is 1. The number of anilines is 1. The van der Waals surface area contributed by atoms with Crippen molar-refractivity contribution in [3.8, 4) is 0 Å². The van der Waals surface area contributed by atoms with E-state index in [9.17, 15) is 0 Å². The standard InChI is InChI=1S/C53H53N/c1-34-20-22-35(23-21-34)36-24-26-37(27-25-36)54(38-28-30-44-40-12-4-8-16-46(40)52(2,3)50(44)32-38)39-29-31-45-43-15-7-11-19-49(43)53(51(45)33-39)47-17-9-5-13-41(47)42-14-6-10-18-48(42)53/h4,7-12,15-22,24-27,31-33,35,38-39,41,44,47H,5-6,13-14,23,28-30H2,1-3H3. The molecular weight excluding hydrogens is 651 g/mol. The van der Waals surface area contributed by atoms with Crippen LogP contribution in [0.2, 0.25) is 0 Å². The summed E-state index contributed by atoms with van der Waals surface area (Å²) in [5.74, 6) is 2.12. The molecule has 0 saturated heterocycles. The fourth-order valence-electron chi connectivity index (χ4n) is 12.8. The van der Waals surface area contributed by atoms with Crippen molar-refractivity contribution in [3.63, 3.8) is 0 Å². The molecule has 3 aromatic carbocycles. The van der Waals surface area contributed by atoms with Crippen molar-refractivity contribution in [1.29, 1.82) is 0 Å². The van der Waals surface area contributed by atoms with Crippen molar-refractivity contribution in [2.75, 3.05) is 4.90 Å². The van der Waals surface area contributed by atoms with E-state index in [0.717, 1.165) is 12.8 Å². The van der Waals surface area contributed by atoms with Gasteiger partial charge in [-0.3, -0.25) is 0 Å². The highest BCUT2D eigenvalue weighted by molar-refractivity contribution is 5.94. The lowest BCUT2D eigenvalue weighted by Crippen LogP contribution is -2.45. The highest BCUT2D eigenvalue weighted by atomic mass is 15.2. The summed E-state index contributed by atoms with van der Waals surface area (Å²) in [7, 11) is 0. The summed E-state index contributed by atoms with van der Waals surface area (Å²) >= 11 is 0. The maximum Gasteiger partial charge on any atom is 0.0528 e. The Labute approximate surface area is 323 Å². The van der Waals surface area contributed by atoms with Crippen LogP contribution in [0.4, 0.5) is 5.69 Å². The van der Waals surface area contributed by atoms with E-state index in [1.807, 2.05) is 0 Å². The molecule has 11 rings (SSSR count). The molecule has 0 bridgehead atoms. The fraction of sp³-hybridized carbons (Fsp3) is 0.358. The maximum absolute atomic E-state index is 2.86. The Morgan fingerprint density at radius 3 is 2.41 bits per heavy atom. The zero-order valence-corrected chi connectivity index (χ0v) is 32.3. The third-order valence-electron chi connectivity index (χ3n) is 15.1. The first kappa shape index (κ1) is 32.8. The van der Waals surface area contributed by atoms with Crippen molar-refractivity contribution in [3.05, 3.63) is 189 Å². The molecule has 8 aliphatic carbocycles. The summed E-state index contributed by atoms with van der Waals surface area (Å²) in [6, 6.07) is 29.2. The van der Waals surface area contributed by atoms with E-state index in [4.69, 9.17) is 0 Å². The zero-order valence-electron chi connectivity index (χ0n) is 32.3. The van der Waals surface area contributed by atoms with Gasteiger partial charge in [-0.05, 0) is 121 Å². The van der Waals surface area contributed by atoms with E-state index in [1.54, 1.807) is 33.4 Å². The first-order valence-corrected chi connectivity index (χ1v) is 21.1. The second-order valence-corrected chi connectivity index (χ2v) is 18.1. The average molecular weight is 704 g/mol. The Bertz CT molecular complexity index is 2310. The summed E-state index contributed by atoms with van der Waals surface area (Å²) in [6.07, 6.45) is 34.8. The highest BCUT2D eigenvalue weighted by Crippen LogP contribution is 2.68. The van der Waals surface area contributed by atoms with Crippen LogP contribution >= 0.6 is 0 Å². The van der Waals surface area contributed by atoms with E-state index in [0.29, 0.717) is 29.7 Å². The number of allylic oxidation sites excluding steroid dienone is 13. The normalized spacial score (nSPS) is 32.1. The number of hydrogen-bond donors (Lipinski definition) is 0. The van der Waals surface area contributed by atoms with Crippen LogP contribution < -0.4 is 4.90 Å². The summed E-state index contributed by atoms with van der Waals surface area (Å²) in [4.78, 5) is 2.86. The van der Waals surface area contributed by atoms with Crippen LogP contribution in [0.15, 0.2) is 161 Å². The molecule has 1 heteroatoms. The van der Waals surface area contributed by atoms with Crippen molar-refractivity contribution in [2.24, 2.45) is 11.8 Å². The van der Waals surface area contributed by atoms with Crippen LogP contribution in [0.3, 0.4) is 0 Å². The summed E-state index contributed by atoms with van der Waals surface area (Å²) in [6.45, 7) is 7.16. The van der Waals surface area contributed by atoms with Crippen LogP contribution in [0, 0.1) is 11.8 Å². The number of rotatable bonds is 4. The predicted octanol–water partition coefficient (Wildman–Crippen LogP) is 12.9. The molecule has 0 amide bonds. The van der Waals surface area contributed by atoms with E-state index >= 15 is 0 Å². The molecule has 0 aromatic heterocycles. The first-order chi connectivity index (χ1) is 26.4. The Morgan fingerprint density at radius 2 is 1.56 bits per heavy atom. The molecule has 1 nitrogen and oxygen atoms in total. The molecule has 54 heavy (non-hydrogen) atoms. The van der Waals surface area contributed by atoms with Crippen LogP contribution in [0.25, 0.3) is 5.57 Å². The first-order valence-electron chi connectivity index (χ1n) is 21.1. The molecule has 0 saturated carbocycles. The molecule has 0 fully saturated rings. The van der Waals surface area contributed by atoms with Gasteiger partial charge in [-0.1, -0.05) is 152 Å². The second kappa shape index (κ2) is 12.2. The minimum absolute atomic E-state index is 0.0477. The lowest BCUT2D eigenvalue weighted by atomic mass is 9.62. The van der Waals surface area contributed by atoms with Gasteiger partial charge < -0.3 is 4.90 Å². The van der Waals surface area contributed by atoms with Crippen molar-refractivity contribution >= 4 is 11.3 Å². The van der Waals surface area contributed by atoms with Crippen LogP contribution in [0.5, 0.6) is 0 Å². The number of fused-ring (bicyclic) bond motifs is 12. The molecule has 7 unspecified atom stereocenters. The van der Waals surface area contributed by atoms with E-state index in [-0.39, 0.29) is 16.9 Å². The second-order valence-electron chi connectivity index (χ2n) is 18.1. The fourth-order valence-corrected chi connectivity index (χ4v) is 12.8. The molecule has 0 radical (unpaired) electrons. The van der Waals surface area contributed by atoms with E-state index < -0.39 is 0 Å². The Hall–Kier alpha value is -4.62. The van der Waals surface area contributed by atoms with Gasteiger partial charge in [0.15, 0.2) is 0 Å². The maximum atomic E-state index is 2.86. The lowest BCUT2D eigenvalue weighted by molar-refractivity contribution is 0.353. The van der Waals surface area contributed by atoms with Gasteiger partial charge in [-0.25, -0.2) is 0 Å². The molecule has 3 aromatic rings. The summed E-state index contributed by atoms with van der Waals surface area (Å²) in [5, 5.41) is 0.